The standard InChI is InChI=1S/C17H29NO3/c1-5-6-11-20-15-7-9-16(10-8-15)21-13-17(19-4)12-18-14(2)3/h7-10,14,17-18H,5-6,11-13H2,1-4H3/t17-/m1/s1. The molecule has 120 valence electrons. The average Bonchev–Trinajstić information content (AvgIpc) is 2.49. The minimum absolute atomic E-state index is 0.0490. The van der Waals surface area contributed by atoms with Gasteiger partial charge in [0, 0.05) is 19.7 Å². The number of ether oxygens (including phenoxy) is 3. The van der Waals surface area contributed by atoms with E-state index in [0.717, 1.165) is 37.5 Å². The van der Waals surface area contributed by atoms with Gasteiger partial charge in [-0.15, -0.1) is 0 Å². The first kappa shape index (κ1) is 17.8. The zero-order valence-electron chi connectivity index (χ0n) is 13.7. The number of rotatable bonds is 11. The van der Waals surface area contributed by atoms with E-state index in [9.17, 15) is 0 Å². The highest BCUT2D eigenvalue weighted by Crippen LogP contribution is 2.18. The molecule has 0 heterocycles. The summed E-state index contributed by atoms with van der Waals surface area (Å²) in [7, 11) is 1.71. The molecular weight excluding hydrogens is 266 g/mol. The Morgan fingerprint density at radius 1 is 1.05 bits per heavy atom. The Morgan fingerprint density at radius 3 is 2.19 bits per heavy atom. The number of methoxy groups -OCH3 is 1. The molecule has 1 aromatic carbocycles. The molecule has 0 aliphatic heterocycles. The molecule has 0 saturated heterocycles. The van der Waals surface area contributed by atoms with Crippen molar-refractivity contribution in [1.29, 1.82) is 0 Å². The summed E-state index contributed by atoms with van der Waals surface area (Å²) < 4.78 is 16.8. The Kier molecular flexibility index (Phi) is 8.87. The fraction of sp³-hybridized carbons (Fsp3) is 0.647. The van der Waals surface area contributed by atoms with Crippen molar-refractivity contribution in [2.75, 3.05) is 26.9 Å². The molecular formula is C17H29NO3. The van der Waals surface area contributed by atoms with Crippen LogP contribution in [0, 0.1) is 0 Å². The zero-order chi connectivity index (χ0) is 15.5. The molecule has 0 aliphatic carbocycles. The number of hydrogen-bond acceptors (Lipinski definition) is 4. The van der Waals surface area contributed by atoms with E-state index >= 15 is 0 Å². The summed E-state index contributed by atoms with van der Waals surface area (Å²) in [5, 5.41) is 3.35. The van der Waals surface area contributed by atoms with E-state index < -0.39 is 0 Å². The van der Waals surface area contributed by atoms with Gasteiger partial charge in [0.25, 0.3) is 0 Å². The van der Waals surface area contributed by atoms with Crippen molar-refractivity contribution in [2.45, 2.75) is 45.8 Å². The van der Waals surface area contributed by atoms with Crippen molar-refractivity contribution >= 4 is 0 Å². The largest absolute Gasteiger partial charge is 0.494 e. The van der Waals surface area contributed by atoms with E-state index in [4.69, 9.17) is 14.2 Å². The number of benzene rings is 1. The van der Waals surface area contributed by atoms with Gasteiger partial charge in [-0.3, -0.25) is 0 Å². The molecule has 21 heavy (non-hydrogen) atoms. The van der Waals surface area contributed by atoms with Crippen molar-refractivity contribution < 1.29 is 14.2 Å². The topological polar surface area (TPSA) is 39.7 Å². The average molecular weight is 295 g/mol. The van der Waals surface area contributed by atoms with Gasteiger partial charge in [-0.1, -0.05) is 27.2 Å². The lowest BCUT2D eigenvalue weighted by Crippen LogP contribution is -2.36. The molecule has 0 aromatic heterocycles. The third-order valence-electron chi connectivity index (χ3n) is 3.11. The van der Waals surface area contributed by atoms with Crippen LogP contribution in [-0.4, -0.2) is 39.0 Å². The van der Waals surface area contributed by atoms with Gasteiger partial charge in [-0.2, -0.15) is 0 Å². The third kappa shape index (κ3) is 7.93. The summed E-state index contributed by atoms with van der Waals surface area (Å²) in [6.07, 6.45) is 2.27. The van der Waals surface area contributed by atoms with Crippen LogP contribution in [0.5, 0.6) is 11.5 Å². The first-order valence-electron chi connectivity index (χ1n) is 7.77. The minimum atomic E-state index is 0.0490. The maximum Gasteiger partial charge on any atom is 0.119 e. The lowest BCUT2D eigenvalue weighted by Gasteiger charge is -2.18. The van der Waals surface area contributed by atoms with Crippen molar-refractivity contribution in [3.63, 3.8) is 0 Å². The molecule has 0 radical (unpaired) electrons. The van der Waals surface area contributed by atoms with Crippen LogP contribution in [0.1, 0.15) is 33.6 Å². The van der Waals surface area contributed by atoms with Crippen molar-refractivity contribution in [2.24, 2.45) is 0 Å². The SMILES string of the molecule is CCCCOc1ccc(OC[C@@H](CNC(C)C)OC)cc1. The predicted molar refractivity (Wildman–Crippen MR) is 86.3 cm³/mol. The Labute approximate surface area is 128 Å². The molecule has 1 aromatic rings. The lowest BCUT2D eigenvalue weighted by molar-refractivity contribution is 0.0567. The van der Waals surface area contributed by atoms with Crippen LogP contribution in [0.2, 0.25) is 0 Å². The Bertz CT molecular complexity index is 365. The second-order valence-electron chi connectivity index (χ2n) is 5.41. The molecule has 1 rings (SSSR count). The van der Waals surface area contributed by atoms with Crippen LogP contribution in [0.3, 0.4) is 0 Å². The molecule has 1 atom stereocenters. The van der Waals surface area contributed by atoms with E-state index in [1.54, 1.807) is 7.11 Å². The van der Waals surface area contributed by atoms with Crippen LogP contribution >= 0.6 is 0 Å². The summed E-state index contributed by atoms with van der Waals surface area (Å²) in [6.45, 7) is 8.47. The summed E-state index contributed by atoms with van der Waals surface area (Å²) >= 11 is 0. The van der Waals surface area contributed by atoms with Gasteiger partial charge in [0.05, 0.1) is 6.61 Å². The van der Waals surface area contributed by atoms with Crippen molar-refractivity contribution in [3.8, 4) is 11.5 Å². The Balaban J connectivity index is 2.33. The van der Waals surface area contributed by atoms with E-state index in [-0.39, 0.29) is 6.10 Å². The molecule has 0 bridgehead atoms. The highest BCUT2D eigenvalue weighted by atomic mass is 16.5. The zero-order valence-corrected chi connectivity index (χ0v) is 13.7. The predicted octanol–water partition coefficient (Wildman–Crippen LogP) is 3.26. The van der Waals surface area contributed by atoms with Crippen LogP contribution in [0.4, 0.5) is 0 Å². The smallest absolute Gasteiger partial charge is 0.119 e. The quantitative estimate of drug-likeness (QED) is 0.636. The normalized spacial score (nSPS) is 12.4. The van der Waals surface area contributed by atoms with E-state index in [1.807, 2.05) is 24.3 Å². The maximum atomic E-state index is 5.75. The fourth-order valence-corrected chi connectivity index (χ4v) is 1.73. The summed E-state index contributed by atoms with van der Waals surface area (Å²) in [5.74, 6) is 1.73. The monoisotopic (exact) mass is 295 g/mol. The van der Waals surface area contributed by atoms with E-state index in [2.05, 4.69) is 26.1 Å². The molecule has 0 aliphatic rings. The molecule has 1 N–H and O–H groups in total. The van der Waals surface area contributed by atoms with Crippen LogP contribution in [0.15, 0.2) is 24.3 Å². The highest BCUT2D eigenvalue weighted by molar-refractivity contribution is 5.31. The highest BCUT2D eigenvalue weighted by Gasteiger charge is 2.09. The van der Waals surface area contributed by atoms with E-state index in [1.165, 1.54) is 0 Å². The summed E-state index contributed by atoms with van der Waals surface area (Å²) in [4.78, 5) is 0. The lowest BCUT2D eigenvalue weighted by atomic mass is 10.3. The second-order valence-corrected chi connectivity index (χ2v) is 5.41. The molecule has 4 heteroatoms. The number of hydrogen-bond donors (Lipinski definition) is 1. The van der Waals surface area contributed by atoms with Crippen LogP contribution < -0.4 is 14.8 Å². The third-order valence-corrected chi connectivity index (χ3v) is 3.11. The van der Waals surface area contributed by atoms with Gasteiger partial charge in [0.1, 0.15) is 24.2 Å². The first-order valence-corrected chi connectivity index (χ1v) is 7.77. The number of unbranched alkanes of at least 4 members (excludes halogenated alkanes) is 1. The Hall–Kier alpha value is -1.26. The van der Waals surface area contributed by atoms with Gasteiger partial charge in [0.2, 0.25) is 0 Å². The van der Waals surface area contributed by atoms with Gasteiger partial charge in [-0.25, -0.2) is 0 Å². The van der Waals surface area contributed by atoms with Crippen LogP contribution in [0.25, 0.3) is 0 Å². The molecule has 0 unspecified atom stereocenters. The van der Waals surface area contributed by atoms with Crippen molar-refractivity contribution in [3.05, 3.63) is 24.3 Å². The number of nitrogens with one attached hydrogen (secondary N) is 1. The summed E-state index contributed by atoms with van der Waals surface area (Å²) in [6, 6.07) is 8.20. The van der Waals surface area contributed by atoms with Gasteiger partial charge >= 0.3 is 0 Å². The first-order chi connectivity index (χ1) is 10.2. The van der Waals surface area contributed by atoms with Gasteiger partial charge in [0.15, 0.2) is 0 Å². The van der Waals surface area contributed by atoms with E-state index in [0.29, 0.717) is 12.6 Å². The molecule has 0 saturated carbocycles. The van der Waals surface area contributed by atoms with Crippen molar-refractivity contribution in [1.82, 2.24) is 5.32 Å². The van der Waals surface area contributed by atoms with Crippen LogP contribution in [-0.2, 0) is 4.74 Å². The molecule has 4 nitrogen and oxygen atoms in total. The fourth-order valence-electron chi connectivity index (χ4n) is 1.73. The minimum Gasteiger partial charge on any atom is -0.494 e. The van der Waals surface area contributed by atoms with Gasteiger partial charge in [-0.05, 0) is 30.7 Å². The molecule has 0 spiro atoms. The van der Waals surface area contributed by atoms with Gasteiger partial charge < -0.3 is 19.5 Å². The second kappa shape index (κ2) is 10.5. The molecule has 0 amide bonds. The Morgan fingerprint density at radius 2 is 1.67 bits per heavy atom. The summed E-state index contributed by atoms with van der Waals surface area (Å²) in [5.41, 5.74) is 0. The molecule has 0 fully saturated rings. The maximum absolute atomic E-state index is 5.75.